The minimum atomic E-state index is -1.28. The third kappa shape index (κ3) is 13.3. The van der Waals surface area contributed by atoms with Crippen LogP contribution in [0.15, 0.2) is 84.9 Å². The molecule has 2 N–H and O–H groups in total. The Kier molecular flexibility index (Phi) is 15.2. The number of anilines is 1. The van der Waals surface area contributed by atoms with E-state index in [0.717, 1.165) is 35.3 Å². The van der Waals surface area contributed by atoms with E-state index < -0.39 is 37.0 Å². The number of aliphatic carboxylic acids is 1. The third-order valence-corrected chi connectivity index (χ3v) is 7.26. The summed E-state index contributed by atoms with van der Waals surface area (Å²) in [5.41, 5.74) is 2.03. The number of carbonyl (C=O) groups excluding carboxylic acids is 3. The van der Waals surface area contributed by atoms with Gasteiger partial charge in [0.15, 0.2) is 6.61 Å². The minimum absolute atomic E-state index is 0.0198. The van der Waals surface area contributed by atoms with E-state index in [1.807, 2.05) is 24.3 Å². The number of hydrogen-bond acceptors (Lipinski definition) is 6. The van der Waals surface area contributed by atoms with Gasteiger partial charge in [-0.3, -0.25) is 14.4 Å². The Morgan fingerprint density at radius 3 is 2.11 bits per heavy atom. The zero-order chi connectivity index (χ0) is 32.3. The van der Waals surface area contributed by atoms with Crippen LogP contribution in [0.1, 0.15) is 69.4 Å². The molecule has 240 valence electrons. The Balaban J connectivity index is 1.62. The van der Waals surface area contributed by atoms with Crippen LogP contribution in [-0.4, -0.2) is 53.0 Å². The summed E-state index contributed by atoms with van der Waals surface area (Å²) in [4.78, 5) is 52.0. The molecule has 0 saturated carbocycles. The quantitative estimate of drug-likeness (QED) is 0.111. The number of nitrogens with one attached hydrogen (secondary N) is 1. The van der Waals surface area contributed by atoms with Crippen LogP contribution in [0.25, 0.3) is 0 Å². The Bertz CT molecular complexity index is 1350. The van der Waals surface area contributed by atoms with Gasteiger partial charge in [-0.1, -0.05) is 112 Å². The highest BCUT2D eigenvalue weighted by Crippen LogP contribution is 2.19. The lowest BCUT2D eigenvalue weighted by atomic mass is 10.0. The van der Waals surface area contributed by atoms with Crippen LogP contribution < -0.4 is 10.1 Å². The molecule has 0 aliphatic heterocycles. The number of hydrogen-bond donors (Lipinski definition) is 2. The van der Waals surface area contributed by atoms with E-state index in [9.17, 15) is 24.3 Å². The molecule has 0 bridgehead atoms. The second kappa shape index (κ2) is 19.6. The summed E-state index contributed by atoms with van der Waals surface area (Å²) in [7, 11) is 0. The fourth-order valence-corrected chi connectivity index (χ4v) is 4.86. The number of nitrogens with zero attached hydrogens (tertiary/aromatic N) is 1. The standard InChI is InChI=1S/C36H44N2O7/c1-2-3-4-5-6-7-14-22-33(39)37-30-20-15-21-31(24-30)44-27-34(40)38(25-35(41)42)32(23-28-16-10-8-11-17-28)36(43)45-26-29-18-12-9-13-19-29/h8-13,15-21,24,32H,2-7,14,22-23,25-27H2,1H3,(H,37,39)(H,41,42). The number of unbranched alkanes of at least 4 members (excludes halogenated alkanes) is 6. The van der Waals surface area contributed by atoms with E-state index in [2.05, 4.69) is 12.2 Å². The number of benzene rings is 3. The summed E-state index contributed by atoms with van der Waals surface area (Å²) in [6.07, 6.45) is 8.33. The molecule has 9 nitrogen and oxygen atoms in total. The van der Waals surface area contributed by atoms with Crippen molar-refractivity contribution >= 4 is 29.4 Å². The van der Waals surface area contributed by atoms with Crippen LogP contribution in [-0.2, 0) is 36.9 Å². The number of ether oxygens (including phenoxy) is 2. The fraction of sp³-hybridized carbons (Fsp3) is 0.389. The first-order valence-electron chi connectivity index (χ1n) is 15.6. The minimum Gasteiger partial charge on any atom is -0.484 e. The maximum absolute atomic E-state index is 13.4. The summed E-state index contributed by atoms with van der Waals surface area (Å²) in [6, 6.07) is 23.6. The van der Waals surface area contributed by atoms with Gasteiger partial charge in [-0.25, -0.2) is 4.79 Å². The van der Waals surface area contributed by atoms with Gasteiger partial charge in [-0.05, 0) is 29.7 Å². The molecule has 3 aromatic rings. The lowest BCUT2D eigenvalue weighted by Crippen LogP contribution is -2.51. The molecule has 45 heavy (non-hydrogen) atoms. The molecule has 0 saturated heterocycles. The fourth-order valence-electron chi connectivity index (χ4n) is 4.86. The maximum atomic E-state index is 13.4. The van der Waals surface area contributed by atoms with Crippen molar-refractivity contribution in [1.82, 2.24) is 4.90 Å². The van der Waals surface area contributed by atoms with Gasteiger partial charge in [0.05, 0.1) is 0 Å². The largest absolute Gasteiger partial charge is 0.484 e. The first-order valence-corrected chi connectivity index (χ1v) is 15.6. The molecule has 0 spiro atoms. The first-order chi connectivity index (χ1) is 21.9. The highest BCUT2D eigenvalue weighted by Gasteiger charge is 2.33. The van der Waals surface area contributed by atoms with Crippen molar-refractivity contribution < 1.29 is 33.8 Å². The SMILES string of the molecule is CCCCCCCCCC(=O)Nc1cccc(OCC(=O)N(CC(=O)O)C(Cc2ccccc2)C(=O)OCc2ccccc2)c1. The van der Waals surface area contributed by atoms with Gasteiger partial charge >= 0.3 is 11.9 Å². The number of carboxylic acid groups (broad SMARTS) is 1. The highest BCUT2D eigenvalue weighted by atomic mass is 16.5. The average Bonchev–Trinajstić information content (AvgIpc) is 3.04. The van der Waals surface area contributed by atoms with Gasteiger partial charge in [0.1, 0.15) is 24.9 Å². The van der Waals surface area contributed by atoms with Crippen LogP contribution in [0.2, 0.25) is 0 Å². The predicted molar refractivity (Wildman–Crippen MR) is 173 cm³/mol. The summed E-state index contributed by atoms with van der Waals surface area (Å²) in [5, 5.41) is 12.5. The van der Waals surface area contributed by atoms with E-state index >= 15 is 0 Å². The summed E-state index contributed by atoms with van der Waals surface area (Å²) in [6.45, 7) is 0.939. The lowest BCUT2D eigenvalue weighted by Gasteiger charge is -2.29. The molecule has 2 amide bonds. The molecule has 1 atom stereocenters. The Hall–Kier alpha value is -4.66. The van der Waals surface area contributed by atoms with E-state index in [4.69, 9.17) is 9.47 Å². The third-order valence-electron chi connectivity index (χ3n) is 7.26. The van der Waals surface area contributed by atoms with Gasteiger partial charge < -0.3 is 24.8 Å². The van der Waals surface area contributed by atoms with Crippen molar-refractivity contribution in [2.75, 3.05) is 18.5 Å². The molecule has 0 radical (unpaired) electrons. The molecule has 1 unspecified atom stereocenters. The number of carboxylic acids is 1. The van der Waals surface area contributed by atoms with Crippen LogP contribution >= 0.6 is 0 Å². The molecule has 0 fully saturated rings. The van der Waals surface area contributed by atoms with E-state index in [0.29, 0.717) is 17.9 Å². The number of rotatable bonds is 20. The van der Waals surface area contributed by atoms with Crippen molar-refractivity contribution in [3.8, 4) is 5.75 Å². The Morgan fingerprint density at radius 2 is 1.44 bits per heavy atom. The van der Waals surface area contributed by atoms with Crippen LogP contribution in [0.3, 0.4) is 0 Å². The maximum Gasteiger partial charge on any atom is 0.329 e. The van der Waals surface area contributed by atoms with Gasteiger partial charge in [0.25, 0.3) is 5.91 Å². The van der Waals surface area contributed by atoms with Gasteiger partial charge in [-0.15, -0.1) is 0 Å². The van der Waals surface area contributed by atoms with Crippen molar-refractivity contribution in [2.24, 2.45) is 0 Å². The Morgan fingerprint density at radius 1 is 0.800 bits per heavy atom. The van der Waals surface area contributed by atoms with Gasteiger partial charge in [0, 0.05) is 24.6 Å². The van der Waals surface area contributed by atoms with E-state index in [-0.39, 0.29) is 18.9 Å². The average molecular weight is 617 g/mol. The van der Waals surface area contributed by atoms with Crippen molar-refractivity contribution in [2.45, 2.75) is 77.4 Å². The topological polar surface area (TPSA) is 122 Å². The van der Waals surface area contributed by atoms with Crippen molar-refractivity contribution in [3.63, 3.8) is 0 Å². The predicted octanol–water partition coefficient (Wildman–Crippen LogP) is 6.41. The molecule has 0 aliphatic rings. The Labute approximate surface area is 265 Å². The second-order valence-electron chi connectivity index (χ2n) is 11.0. The summed E-state index contributed by atoms with van der Waals surface area (Å²) < 4.78 is 11.3. The number of amides is 2. The van der Waals surface area contributed by atoms with Crippen molar-refractivity contribution in [3.05, 3.63) is 96.1 Å². The lowest BCUT2D eigenvalue weighted by molar-refractivity contribution is -0.159. The van der Waals surface area contributed by atoms with Gasteiger partial charge in [0.2, 0.25) is 5.91 Å². The molecule has 3 aromatic carbocycles. The normalized spacial score (nSPS) is 11.3. The molecule has 0 heterocycles. The smallest absolute Gasteiger partial charge is 0.329 e. The number of carbonyl (C=O) groups is 4. The summed E-state index contributed by atoms with van der Waals surface area (Å²) >= 11 is 0. The zero-order valence-electron chi connectivity index (χ0n) is 26.0. The van der Waals surface area contributed by atoms with E-state index in [1.54, 1.807) is 60.7 Å². The highest BCUT2D eigenvalue weighted by molar-refractivity contribution is 5.91. The van der Waals surface area contributed by atoms with Gasteiger partial charge in [-0.2, -0.15) is 0 Å². The molecular formula is C36H44N2O7. The van der Waals surface area contributed by atoms with E-state index in [1.165, 1.54) is 25.7 Å². The molecule has 0 aromatic heterocycles. The molecule has 0 aliphatic carbocycles. The second-order valence-corrected chi connectivity index (χ2v) is 11.0. The molecular weight excluding hydrogens is 572 g/mol. The molecule has 3 rings (SSSR count). The summed E-state index contributed by atoms with van der Waals surface area (Å²) in [5.74, 6) is -2.46. The zero-order valence-corrected chi connectivity index (χ0v) is 26.0. The van der Waals surface area contributed by atoms with Crippen molar-refractivity contribution in [1.29, 1.82) is 0 Å². The molecule has 9 heteroatoms. The number of esters is 1. The monoisotopic (exact) mass is 616 g/mol. The van der Waals surface area contributed by atoms with Crippen LogP contribution in [0.4, 0.5) is 5.69 Å². The van der Waals surface area contributed by atoms with Crippen LogP contribution in [0, 0.1) is 0 Å². The first kappa shape index (κ1) is 34.8. The van der Waals surface area contributed by atoms with Crippen LogP contribution in [0.5, 0.6) is 5.75 Å².